The van der Waals surface area contributed by atoms with Crippen LogP contribution in [0, 0.1) is 11.6 Å². The number of hydrogen-bond donors (Lipinski definition) is 2. The highest BCUT2D eigenvalue weighted by molar-refractivity contribution is 6.31. The maximum atomic E-state index is 13.8. The molecule has 1 aliphatic rings. The Morgan fingerprint density at radius 3 is 2.61 bits per heavy atom. The van der Waals surface area contributed by atoms with Crippen LogP contribution in [0.1, 0.15) is 6.92 Å². The number of imidazole rings is 1. The van der Waals surface area contributed by atoms with Gasteiger partial charge in [0.25, 0.3) is 0 Å². The van der Waals surface area contributed by atoms with Crippen molar-refractivity contribution >= 4 is 39.9 Å². The fraction of sp³-hybridized carbons (Fsp3) is 0.333. The van der Waals surface area contributed by atoms with Gasteiger partial charge < -0.3 is 20.1 Å². The van der Waals surface area contributed by atoms with Crippen LogP contribution < -0.4 is 15.9 Å². The number of anilines is 2. The van der Waals surface area contributed by atoms with Crippen LogP contribution in [-0.2, 0) is 11.8 Å². The van der Waals surface area contributed by atoms with Gasteiger partial charge in [0.05, 0.1) is 17.6 Å². The molecule has 0 bridgehead atoms. The molecule has 1 amide bonds. The largest absolute Gasteiger partial charge is 0.376 e. The Kier molecular flexibility index (Phi) is 5.62. The summed E-state index contributed by atoms with van der Waals surface area (Å²) in [6.45, 7) is 3.31. The Balaban J connectivity index is 1.39. The lowest BCUT2D eigenvalue weighted by Gasteiger charge is -2.41. The number of aromatic amines is 1. The zero-order valence-electron chi connectivity index (χ0n) is 17.1. The first-order chi connectivity index (χ1) is 14.7. The molecule has 0 radical (unpaired) electrons. The minimum absolute atomic E-state index is 0.0805. The lowest BCUT2D eigenvalue weighted by molar-refractivity contribution is -0.130. The molecule has 10 heteroatoms. The Labute approximate surface area is 182 Å². The average Bonchev–Trinajstić information content (AvgIpc) is 3.03. The molecule has 0 spiro atoms. The van der Waals surface area contributed by atoms with Gasteiger partial charge in [-0.25, -0.2) is 13.6 Å². The first-order valence-electron chi connectivity index (χ1n) is 9.86. The molecule has 7 nitrogen and oxygen atoms in total. The molecule has 4 rings (SSSR count). The second kappa shape index (κ2) is 8.22. The van der Waals surface area contributed by atoms with Crippen molar-refractivity contribution in [1.29, 1.82) is 0 Å². The van der Waals surface area contributed by atoms with Crippen molar-refractivity contribution in [1.82, 2.24) is 14.5 Å². The normalized spacial score (nSPS) is 16.7. The van der Waals surface area contributed by atoms with Crippen LogP contribution >= 0.6 is 11.6 Å². The number of aryl methyl sites for hydroxylation is 1. The van der Waals surface area contributed by atoms with Gasteiger partial charge in [-0.05, 0) is 37.3 Å². The summed E-state index contributed by atoms with van der Waals surface area (Å²) in [6, 6.07) is 7.70. The number of benzene rings is 2. The summed E-state index contributed by atoms with van der Waals surface area (Å²) in [5.74, 6) is -1.69. The minimum Gasteiger partial charge on any atom is -0.376 e. The summed E-state index contributed by atoms with van der Waals surface area (Å²) in [5, 5.41) is 2.58. The zero-order valence-corrected chi connectivity index (χ0v) is 17.8. The third-order valence-electron chi connectivity index (χ3n) is 5.63. The Morgan fingerprint density at radius 1 is 1.23 bits per heavy atom. The second-order valence-corrected chi connectivity index (χ2v) is 8.06. The molecule has 3 aromatic rings. The number of nitrogens with one attached hydrogen (secondary N) is 2. The second-order valence-electron chi connectivity index (χ2n) is 7.68. The number of rotatable bonds is 4. The molecule has 1 saturated heterocycles. The van der Waals surface area contributed by atoms with Gasteiger partial charge in [-0.3, -0.25) is 9.36 Å². The fourth-order valence-electron chi connectivity index (χ4n) is 3.90. The lowest BCUT2D eigenvalue weighted by Crippen LogP contribution is -2.54. The average molecular weight is 450 g/mol. The van der Waals surface area contributed by atoms with E-state index in [1.165, 1.54) is 16.7 Å². The monoisotopic (exact) mass is 449 g/mol. The summed E-state index contributed by atoms with van der Waals surface area (Å²) < 4.78 is 29.1. The minimum atomic E-state index is -0.802. The van der Waals surface area contributed by atoms with Gasteiger partial charge in [0.1, 0.15) is 16.7 Å². The van der Waals surface area contributed by atoms with Crippen molar-refractivity contribution in [2.24, 2.45) is 7.05 Å². The molecule has 1 aromatic heterocycles. The number of fused-ring (bicyclic) bond motifs is 1. The van der Waals surface area contributed by atoms with Crippen molar-refractivity contribution in [2.45, 2.75) is 13.0 Å². The number of amides is 1. The van der Waals surface area contributed by atoms with Gasteiger partial charge in [0.15, 0.2) is 0 Å². The number of nitrogens with zero attached hydrogens (tertiary/aromatic N) is 3. The van der Waals surface area contributed by atoms with E-state index in [9.17, 15) is 18.4 Å². The van der Waals surface area contributed by atoms with E-state index in [1.807, 2.05) is 17.9 Å². The third kappa shape index (κ3) is 4.10. The Hall–Kier alpha value is -3.07. The van der Waals surface area contributed by atoms with E-state index in [-0.39, 0.29) is 24.2 Å². The van der Waals surface area contributed by atoms with Crippen LogP contribution in [-0.4, -0.2) is 52.6 Å². The van der Waals surface area contributed by atoms with Gasteiger partial charge in [0, 0.05) is 44.1 Å². The van der Waals surface area contributed by atoms with E-state index in [0.717, 1.165) is 16.7 Å². The van der Waals surface area contributed by atoms with E-state index < -0.39 is 16.7 Å². The standard InChI is InChI=1S/C21H22ClF2N5O2/c1-12-11-28(5-6-29(12)14-8-15(23)20(22)16(24)9-14)19(30)10-25-13-3-4-17-18(7-13)27(2)21(31)26-17/h3-4,7-9,12,25H,5-6,10-11H2,1-2H3,(H,26,31)/t12-/m1/s1. The molecule has 0 unspecified atom stereocenters. The SMILES string of the molecule is C[C@@H]1CN(C(=O)CNc2ccc3[nH]c(=O)n(C)c3c2)CCN1c1cc(F)c(Cl)c(F)c1. The molecule has 1 atom stereocenters. The first-order valence-corrected chi connectivity index (χ1v) is 10.2. The predicted molar refractivity (Wildman–Crippen MR) is 117 cm³/mol. The van der Waals surface area contributed by atoms with Crippen LogP contribution in [0.5, 0.6) is 0 Å². The van der Waals surface area contributed by atoms with Crippen molar-refractivity contribution in [3.8, 4) is 0 Å². The van der Waals surface area contributed by atoms with Gasteiger partial charge in [-0.1, -0.05) is 11.6 Å². The molecule has 31 heavy (non-hydrogen) atoms. The van der Waals surface area contributed by atoms with Crippen molar-refractivity contribution in [3.05, 3.63) is 57.5 Å². The van der Waals surface area contributed by atoms with Crippen LogP contribution in [0.4, 0.5) is 20.2 Å². The maximum absolute atomic E-state index is 13.8. The van der Waals surface area contributed by atoms with Crippen molar-refractivity contribution < 1.29 is 13.6 Å². The van der Waals surface area contributed by atoms with E-state index in [0.29, 0.717) is 25.3 Å². The molecule has 0 aliphatic carbocycles. The highest BCUT2D eigenvalue weighted by Crippen LogP contribution is 2.28. The molecule has 0 saturated carbocycles. The fourth-order valence-corrected chi connectivity index (χ4v) is 4.01. The van der Waals surface area contributed by atoms with E-state index in [4.69, 9.17) is 11.6 Å². The van der Waals surface area contributed by atoms with Crippen LogP contribution in [0.25, 0.3) is 11.0 Å². The van der Waals surface area contributed by atoms with Gasteiger partial charge in [-0.2, -0.15) is 0 Å². The summed E-state index contributed by atoms with van der Waals surface area (Å²) in [5.41, 5.74) is 2.41. The third-order valence-corrected chi connectivity index (χ3v) is 5.99. The number of carbonyl (C=O) groups is 1. The number of hydrogen-bond acceptors (Lipinski definition) is 4. The molecule has 1 fully saturated rings. The van der Waals surface area contributed by atoms with Gasteiger partial charge in [0.2, 0.25) is 5.91 Å². The van der Waals surface area contributed by atoms with Crippen molar-refractivity contribution in [3.63, 3.8) is 0 Å². The molecule has 2 heterocycles. The summed E-state index contributed by atoms with van der Waals surface area (Å²) in [4.78, 5) is 30.7. The summed E-state index contributed by atoms with van der Waals surface area (Å²) in [6.07, 6.45) is 0. The van der Waals surface area contributed by atoms with Crippen LogP contribution in [0.2, 0.25) is 5.02 Å². The number of aromatic nitrogens is 2. The number of piperazine rings is 1. The molecule has 2 N–H and O–H groups in total. The number of H-pyrrole nitrogens is 1. The topological polar surface area (TPSA) is 73.4 Å². The smallest absolute Gasteiger partial charge is 0.326 e. The Morgan fingerprint density at radius 2 is 1.94 bits per heavy atom. The number of halogens is 3. The molecule has 164 valence electrons. The molecule has 1 aliphatic heterocycles. The van der Waals surface area contributed by atoms with E-state index >= 15 is 0 Å². The first kappa shape index (κ1) is 21.2. The van der Waals surface area contributed by atoms with E-state index in [2.05, 4.69) is 10.3 Å². The molecular formula is C21H22ClF2N5O2. The summed E-state index contributed by atoms with van der Waals surface area (Å²) >= 11 is 5.57. The highest BCUT2D eigenvalue weighted by Gasteiger charge is 2.27. The van der Waals surface area contributed by atoms with E-state index in [1.54, 1.807) is 24.1 Å². The highest BCUT2D eigenvalue weighted by atomic mass is 35.5. The maximum Gasteiger partial charge on any atom is 0.326 e. The molecule has 2 aromatic carbocycles. The van der Waals surface area contributed by atoms with Crippen molar-refractivity contribution in [2.75, 3.05) is 36.4 Å². The van der Waals surface area contributed by atoms with Gasteiger partial charge in [-0.15, -0.1) is 0 Å². The quantitative estimate of drug-likeness (QED) is 0.601. The Bertz CT molecular complexity index is 1190. The number of carbonyl (C=O) groups excluding carboxylic acids is 1. The lowest BCUT2D eigenvalue weighted by atomic mass is 10.1. The molecular weight excluding hydrogens is 428 g/mol. The van der Waals surface area contributed by atoms with Crippen LogP contribution in [0.15, 0.2) is 35.1 Å². The van der Waals surface area contributed by atoms with Gasteiger partial charge >= 0.3 is 5.69 Å². The van der Waals surface area contributed by atoms with Crippen LogP contribution in [0.3, 0.4) is 0 Å². The summed E-state index contributed by atoms with van der Waals surface area (Å²) in [7, 11) is 1.68. The predicted octanol–water partition coefficient (Wildman–Crippen LogP) is 2.95. The zero-order chi connectivity index (χ0) is 22.3.